The standard InChI is InChI=1S/C35H40O6.C16H26O6/c1-26-30(32(37-3)34(39-5)33(38-4)31(26)36-2)22-15-23-40-24-25-41-35(27-16-9-6-10-17-27,28-18-11-7-12-19-28)29-20-13-8-14-21-29;1-11-12(7-6-9-22-10-8-17)14(19-3)16(21-5)15(20-4)13(11)18-2/h6-14,16-21H,15,22-25H2,1-5H3;17H,6-10H2,1-5H3. The molecule has 0 radical (unpaired) electrons. The topological polar surface area (TPSA) is 122 Å². The maximum atomic E-state index is 8.71. The Bertz CT molecular complexity index is 2000. The number of aliphatic hydroxyl groups is 1. The third-order valence-corrected chi connectivity index (χ3v) is 10.8. The number of hydrogen-bond donors (Lipinski definition) is 1. The van der Waals surface area contributed by atoms with Crippen molar-refractivity contribution in [1.82, 2.24) is 0 Å². The van der Waals surface area contributed by atoms with Crippen molar-refractivity contribution in [2.24, 2.45) is 0 Å². The molecule has 0 unspecified atom stereocenters. The van der Waals surface area contributed by atoms with Crippen LogP contribution in [0.5, 0.6) is 46.0 Å². The lowest BCUT2D eigenvalue weighted by Gasteiger charge is -2.36. The first-order valence-electron chi connectivity index (χ1n) is 21.1. The first-order chi connectivity index (χ1) is 30.8. The maximum Gasteiger partial charge on any atom is 0.207 e. The minimum Gasteiger partial charge on any atom is -0.492 e. The van der Waals surface area contributed by atoms with Gasteiger partial charge < -0.3 is 57.2 Å². The molecule has 12 heteroatoms. The quantitative estimate of drug-likeness (QED) is 0.0445. The molecule has 1 N–H and O–H groups in total. The van der Waals surface area contributed by atoms with Crippen LogP contribution in [0.1, 0.15) is 51.8 Å². The number of aliphatic hydroxyl groups excluding tert-OH is 1. The Morgan fingerprint density at radius 1 is 0.381 bits per heavy atom. The van der Waals surface area contributed by atoms with E-state index in [4.69, 9.17) is 57.2 Å². The van der Waals surface area contributed by atoms with E-state index in [0.717, 1.165) is 64.6 Å². The summed E-state index contributed by atoms with van der Waals surface area (Å²) in [6, 6.07) is 31.1. The molecule has 0 atom stereocenters. The van der Waals surface area contributed by atoms with Gasteiger partial charge in [-0.3, -0.25) is 0 Å². The van der Waals surface area contributed by atoms with Crippen LogP contribution in [0, 0.1) is 13.8 Å². The van der Waals surface area contributed by atoms with Gasteiger partial charge in [-0.2, -0.15) is 0 Å². The molecule has 0 spiro atoms. The summed E-state index contributed by atoms with van der Waals surface area (Å²) in [6.45, 7) is 6.37. The Kier molecular flexibility index (Phi) is 20.7. The fourth-order valence-corrected chi connectivity index (χ4v) is 7.90. The van der Waals surface area contributed by atoms with Crippen LogP contribution < -0.4 is 37.9 Å². The van der Waals surface area contributed by atoms with Gasteiger partial charge in [-0.25, -0.2) is 0 Å². The fourth-order valence-electron chi connectivity index (χ4n) is 7.90. The van der Waals surface area contributed by atoms with Crippen molar-refractivity contribution in [3.05, 3.63) is 130 Å². The summed E-state index contributed by atoms with van der Waals surface area (Å²) in [4.78, 5) is 0. The van der Waals surface area contributed by atoms with Crippen LogP contribution in [-0.4, -0.2) is 102 Å². The highest BCUT2D eigenvalue weighted by Crippen LogP contribution is 2.51. The zero-order chi connectivity index (χ0) is 45.6. The Balaban J connectivity index is 0.000000335. The summed E-state index contributed by atoms with van der Waals surface area (Å²) in [5.74, 6) is 4.71. The zero-order valence-corrected chi connectivity index (χ0v) is 38.7. The van der Waals surface area contributed by atoms with Gasteiger partial charge in [-0.15, -0.1) is 0 Å². The van der Waals surface area contributed by atoms with E-state index in [2.05, 4.69) is 72.8 Å². The fraction of sp³-hybridized carbons (Fsp3) is 0.412. The Labute approximate surface area is 373 Å². The Morgan fingerprint density at radius 3 is 1.02 bits per heavy atom. The summed E-state index contributed by atoms with van der Waals surface area (Å²) in [5, 5.41) is 8.71. The minimum atomic E-state index is -0.756. The third kappa shape index (κ3) is 11.9. The monoisotopic (exact) mass is 870 g/mol. The molecule has 63 heavy (non-hydrogen) atoms. The summed E-state index contributed by atoms with van der Waals surface area (Å²) in [6.07, 6.45) is 3.07. The maximum absolute atomic E-state index is 8.71. The number of hydrogen-bond acceptors (Lipinski definition) is 12. The average Bonchev–Trinajstić information content (AvgIpc) is 3.33. The third-order valence-electron chi connectivity index (χ3n) is 10.8. The molecule has 0 amide bonds. The van der Waals surface area contributed by atoms with Crippen LogP contribution in [0.15, 0.2) is 91.0 Å². The molecule has 0 aliphatic carbocycles. The van der Waals surface area contributed by atoms with Gasteiger partial charge in [0.15, 0.2) is 23.0 Å². The number of methoxy groups -OCH3 is 8. The predicted molar refractivity (Wildman–Crippen MR) is 245 cm³/mol. The highest BCUT2D eigenvalue weighted by Gasteiger charge is 2.37. The van der Waals surface area contributed by atoms with E-state index in [-0.39, 0.29) is 6.61 Å². The van der Waals surface area contributed by atoms with Gasteiger partial charge in [0.25, 0.3) is 0 Å². The van der Waals surface area contributed by atoms with Gasteiger partial charge in [-0.05, 0) is 56.2 Å². The largest absolute Gasteiger partial charge is 0.492 e. The molecule has 12 nitrogen and oxygen atoms in total. The van der Waals surface area contributed by atoms with Crippen molar-refractivity contribution in [2.45, 2.75) is 45.1 Å². The van der Waals surface area contributed by atoms with Crippen molar-refractivity contribution >= 4 is 0 Å². The second-order valence-corrected chi connectivity index (χ2v) is 14.3. The SMILES string of the molecule is COc1c(C)c(CCCOCCO)c(OC)c(OC)c1OC.COc1c(C)c(CCCOCCOC(c2ccccc2)(c2ccccc2)c2ccccc2)c(OC)c(OC)c1OC. The van der Waals surface area contributed by atoms with Crippen LogP contribution >= 0.6 is 0 Å². The van der Waals surface area contributed by atoms with E-state index in [1.165, 1.54) is 0 Å². The zero-order valence-electron chi connectivity index (χ0n) is 38.7. The molecule has 0 bridgehead atoms. The molecule has 342 valence electrons. The van der Waals surface area contributed by atoms with Gasteiger partial charge in [0.1, 0.15) is 5.60 Å². The number of ether oxygens (including phenoxy) is 11. The van der Waals surface area contributed by atoms with Crippen LogP contribution in [0.4, 0.5) is 0 Å². The van der Waals surface area contributed by atoms with Crippen molar-refractivity contribution in [3.8, 4) is 46.0 Å². The van der Waals surface area contributed by atoms with E-state index < -0.39 is 5.60 Å². The van der Waals surface area contributed by atoms with Crippen LogP contribution in [-0.2, 0) is 32.7 Å². The van der Waals surface area contributed by atoms with Gasteiger partial charge in [-0.1, -0.05) is 91.0 Å². The molecule has 0 saturated carbocycles. The second-order valence-electron chi connectivity index (χ2n) is 14.3. The van der Waals surface area contributed by atoms with E-state index >= 15 is 0 Å². The molecule has 0 aliphatic heterocycles. The van der Waals surface area contributed by atoms with Gasteiger partial charge in [0.05, 0.1) is 83.3 Å². The van der Waals surface area contributed by atoms with Crippen LogP contribution in [0.25, 0.3) is 0 Å². The normalized spacial score (nSPS) is 11.0. The molecule has 5 aromatic carbocycles. The molecule has 0 fully saturated rings. The molecule has 5 aromatic rings. The van der Waals surface area contributed by atoms with Crippen LogP contribution in [0.2, 0.25) is 0 Å². The smallest absolute Gasteiger partial charge is 0.207 e. The van der Waals surface area contributed by atoms with E-state index in [9.17, 15) is 0 Å². The number of benzene rings is 5. The second kappa shape index (κ2) is 26.1. The predicted octanol–water partition coefficient (Wildman–Crippen LogP) is 8.96. The van der Waals surface area contributed by atoms with Crippen molar-refractivity contribution in [1.29, 1.82) is 0 Å². The van der Waals surface area contributed by atoms with E-state index in [1.54, 1.807) is 56.9 Å². The average molecular weight is 871 g/mol. The molecule has 5 rings (SSSR count). The highest BCUT2D eigenvalue weighted by molar-refractivity contribution is 5.68. The first kappa shape index (κ1) is 50.0. The van der Waals surface area contributed by atoms with Crippen molar-refractivity contribution < 1.29 is 57.2 Å². The van der Waals surface area contributed by atoms with Crippen molar-refractivity contribution in [3.63, 3.8) is 0 Å². The lowest BCUT2D eigenvalue weighted by atomic mass is 9.80. The summed E-state index contributed by atoms with van der Waals surface area (Å²) in [7, 11) is 12.8. The molecule has 0 saturated heterocycles. The molecule has 0 aromatic heterocycles. The van der Waals surface area contributed by atoms with Crippen LogP contribution in [0.3, 0.4) is 0 Å². The summed E-state index contributed by atoms with van der Waals surface area (Å²) in [5.41, 5.74) is 6.39. The highest BCUT2D eigenvalue weighted by atomic mass is 16.6. The Hall–Kier alpha value is -5.66. The van der Waals surface area contributed by atoms with Gasteiger partial charge in [0, 0.05) is 35.5 Å². The number of rotatable bonds is 25. The Morgan fingerprint density at radius 2 is 0.698 bits per heavy atom. The molecule has 0 heterocycles. The van der Waals surface area contributed by atoms with Crippen molar-refractivity contribution in [2.75, 3.05) is 96.5 Å². The van der Waals surface area contributed by atoms with E-state index in [1.807, 2.05) is 32.0 Å². The van der Waals surface area contributed by atoms with Gasteiger partial charge >= 0.3 is 0 Å². The lowest BCUT2D eigenvalue weighted by Crippen LogP contribution is -2.34. The first-order valence-corrected chi connectivity index (χ1v) is 21.1. The minimum absolute atomic E-state index is 0.0343. The molecule has 0 aliphatic rings. The summed E-state index contributed by atoms with van der Waals surface area (Å²) < 4.78 is 62.6. The lowest BCUT2D eigenvalue weighted by molar-refractivity contribution is -0.0240. The van der Waals surface area contributed by atoms with E-state index in [0.29, 0.717) is 79.0 Å². The molecular weight excluding hydrogens is 805 g/mol. The molecular formula is C51H66O12. The summed E-state index contributed by atoms with van der Waals surface area (Å²) >= 11 is 0. The van der Waals surface area contributed by atoms with Gasteiger partial charge in [0.2, 0.25) is 23.0 Å².